The Morgan fingerprint density at radius 1 is 1.00 bits per heavy atom. The first kappa shape index (κ1) is 24.9. The number of amides is 2. The van der Waals surface area contributed by atoms with Gasteiger partial charge in [0.1, 0.15) is 12.3 Å². The number of hydrogen-bond donors (Lipinski definition) is 0. The first-order valence-corrected chi connectivity index (χ1v) is 12.8. The minimum Gasteiger partial charge on any atom is -0.496 e. The summed E-state index contributed by atoms with van der Waals surface area (Å²) in [5.41, 5.74) is 1.50. The molecule has 0 bridgehead atoms. The number of carbonyl (C=O) groups is 2. The monoisotopic (exact) mass is 492 g/mol. The smallest absolute Gasteiger partial charge is 0.258 e. The normalized spacial score (nSPS) is 15.1. The number of nitrogens with zero attached hydrogens (tertiary/aromatic N) is 2. The number of para-hydroxylation sites is 1. The second-order valence-electron chi connectivity index (χ2n) is 8.77. The maximum atomic E-state index is 13.7. The predicted molar refractivity (Wildman–Crippen MR) is 138 cm³/mol. The van der Waals surface area contributed by atoms with E-state index in [4.69, 9.17) is 9.47 Å². The summed E-state index contributed by atoms with van der Waals surface area (Å²) in [6.45, 7) is 4.09. The highest BCUT2D eigenvalue weighted by molar-refractivity contribution is 7.11. The van der Waals surface area contributed by atoms with E-state index >= 15 is 0 Å². The molecule has 1 aliphatic rings. The molecule has 2 aromatic carbocycles. The van der Waals surface area contributed by atoms with Crippen molar-refractivity contribution in [3.05, 3.63) is 87.6 Å². The number of methoxy groups -OCH3 is 1. The van der Waals surface area contributed by atoms with Gasteiger partial charge in [-0.1, -0.05) is 42.5 Å². The van der Waals surface area contributed by atoms with Crippen molar-refractivity contribution in [3.63, 3.8) is 0 Å². The van der Waals surface area contributed by atoms with Crippen LogP contribution in [-0.4, -0.2) is 54.5 Å². The molecule has 35 heavy (non-hydrogen) atoms. The SMILES string of the molecule is COc1ccccc1C(=O)N(CC(=O)N(Cc1ccccc1)Cc1ccc(C)s1)CC1CCCO1. The van der Waals surface area contributed by atoms with Crippen LogP contribution in [0.3, 0.4) is 0 Å². The van der Waals surface area contributed by atoms with Crippen molar-refractivity contribution in [2.75, 3.05) is 26.8 Å². The van der Waals surface area contributed by atoms with E-state index in [-0.39, 0.29) is 24.5 Å². The van der Waals surface area contributed by atoms with Crippen LogP contribution in [0, 0.1) is 6.92 Å². The van der Waals surface area contributed by atoms with E-state index in [9.17, 15) is 9.59 Å². The number of rotatable bonds is 10. The molecule has 4 rings (SSSR count). The molecule has 2 heterocycles. The van der Waals surface area contributed by atoms with Gasteiger partial charge in [0.2, 0.25) is 5.91 Å². The van der Waals surface area contributed by atoms with E-state index in [1.54, 1.807) is 35.5 Å². The van der Waals surface area contributed by atoms with Gasteiger partial charge in [-0.3, -0.25) is 9.59 Å². The molecule has 1 fully saturated rings. The average Bonchev–Trinajstić information content (AvgIpc) is 3.54. The molecule has 0 spiro atoms. The van der Waals surface area contributed by atoms with Crippen molar-refractivity contribution >= 4 is 23.2 Å². The van der Waals surface area contributed by atoms with E-state index in [0.29, 0.717) is 37.6 Å². The predicted octanol–water partition coefficient (Wildman–Crippen LogP) is 4.92. The van der Waals surface area contributed by atoms with Crippen LogP contribution in [0.2, 0.25) is 0 Å². The minimum absolute atomic E-state index is 0.0199. The number of benzene rings is 2. The van der Waals surface area contributed by atoms with Crippen molar-refractivity contribution < 1.29 is 19.1 Å². The van der Waals surface area contributed by atoms with Crippen molar-refractivity contribution in [1.82, 2.24) is 9.80 Å². The second-order valence-corrected chi connectivity index (χ2v) is 10.1. The Hall–Kier alpha value is -3.16. The summed E-state index contributed by atoms with van der Waals surface area (Å²) in [6, 6.07) is 21.2. The van der Waals surface area contributed by atoms with Gasteiger partial charge in [-0.05, 0) is 49.6 Å². The van der Waals surface area contributed by atoms with Gasteiger partial charge in [0, 0.05) is 29.5 Å². The number of aryl methyl sites for hydroxylation is 1. The zero-order valence-corrected chi connectivity index (χ0v) is 21.1. The standard InChI is InChI=1S/C28H32N2O4S/c1-21-14-15-24(35-21)19-29(17-22-9-4-3-5-10-22)27(31)20-30(18-23-11-8-16-34-23)28(32)25-12-6-7-13-26(25)33-2/h3-7,9-10,12-15,23H,8,11,16-20H2,1-2H3. The lowest BCUT2D eigenvalue weighted by Crippen LogP contribution is -2.45. The molecule has 3 aromatic rings. The third-order valence-corrected chi connectivity index (χ3v) is 7.10. The van der Waals surface area contributed by atoms with Gasteiger partial charge in [-0.2, -0.15) is 0 Å². The van der Waals surface area contributed by atoms with E-state index in [1.807, 2.05) is 47.4 Å². The van der Waals surface area contributed by atoms with E-state index < -0.39 is 0 Å². The first-order valence-electron chi connectivity index (χ1n) is 11.9. The topological polar surface area (TPSA) is 59.1 Å². The van der Waals surface area contributed by atoms with Gasteiger partial charge < -0.3 is 19.3 Å². The summed E-state index contributed by atoms with van der Waals surface area (Å²) >= 11 is 1.69. The molecule has 0 N–H and O–H groups in total. The molecular formula is C28H32N2O4S. The summed E-state index contributed by atoms with van der Waals surface area (Å²) in [5, 5.41) is 0. The molecule has 0 saturated carbocycles. The fourth-order valence-electron chi connectivity index (χ4n) is 4.30. The van der Waals surface area contributed by atoms with Crippen molar-refractivity contribution in [2.24, 2.45) is 0 Å². The van der Waals surface area contributed by atoms with Gasteiger partial charge in [0.25, 0.3) is 5.91 Å². The van der Waals surface area contributed by atoms with Gasteiger partial charge in [0.05, 0.1) is 25.3 Å². The highest BCUT2D eigenvalue weighted by Gasteiger charge is 2.28. The summed E-state index contributed by atoms with van der Waals surface area (Å²) in [6.07, 6.45) is 1.78. The van der Waals surface area contributed by atoms with Gasteiger partial charge in [-0.15, -0.1) is 11.3 Å². The molecule has 2 amide bonds. The summed E-state index contributed by atoms with van der Waals surface area (Å²) < 4.78 is 11.2. The summed E-state index contributed by atoms with van der Waals surface area (Å²) in [4.78, 5) is 33.1. The van der Waals surface area contributed by atoms with Crippen LogP contribution in [0.15, 0.2) is 66.7 Å². The number of hydrogen-bond acceptors (Lipinski definition) is 5. The van der Waals surface area contributed by atoms with Crippen LogP contribution in [0.4, 0.5) is 0 Å². The summed E-state index contributed by atoms with van der Waals surface area (Å²) in [5.74, 6) is 0.177. The van der Waals surface area contributed by atoms with Crippen molar-refractivity contribution in [3.8, 4) is 5.75 Å². The lowest BCUT2D eigenvalue weighted by molar-refractivity contribution is -0.133. The molecule has 7 heteroatoms. The second kappa shape index (κ2) is 12.0. The summed E-state index contributed by atoms with van der Waals surface area (Å²) in [7, 11) is 1.55. The molecule has 184 valence electrons. The maximum absolute atomic E-state index is 13.7. The van der Waals surface area contributed by atoms with Crippen LogP contribution in [0.5, 0.6) is 5.75 Å². The van der Waals surface area contributed by atoms with Crippen LogP contribution in [-0.2, 0) is 22.6 Å². The Bertz CT molecular complexity index is 1120. The Labute approximate surface area is 211 Å². The Balaban J connectivity index is 1.57. The van der Waals surface area contributed by atoms with Crippen LogP contribution >= 0.6 is 11.3 Å². The molecule has 1 saturated heterocycles. The van der Waals surface area contributed by atoms with Crippen molar-refractivity contribution in [1.29, 1.82) is 0 Å². The lowest BCUT2D eigenvalue weighted by Gasteiger charge is -2.29. The lowest BCUT2D eigenvalue weighted by atomic mass is 10.1. The Kier molecular flexibility index (Phi) is 8.55. The van der Waals surface area contributed by atoms with E-state index in [0.717, 1.165) is 23.3 Å². The molecule has 1 unspecified atom stereocenters. The number of thiophene rings is 1. The highest BCUT2D eigenvalue weighted by atomic mass is 32.1. The van der Waals surface area contributed by atoms with Crippen LogP contribution < -0.4 is 4.74 Å². The third-order valence-electron chi connectivity index (χ3n) is 6.11. The van der Waals surface area contributed by atoms with E-state index in [2.05, 4.69) is 19.1 Å². The Morgan fingerprint density at radius 3 is 2.46 bits per heavy atom. The molecular weight excluding hydrogens is 460 g/mol. The van der Waals surface area contributed by atoms with Crippen LogP contribution in [0.1, 0.15) is 38.5 Å². The third kappa shape index (κ3) is 6.71. The molecule has 0 aliphatic carbocycles. The fourth-order valence-corrected chi connectivity index (χ4v) is 5.21. The van der Waals surface area contributed by atoms with Gasteiger partial charge in [-0.25, -0.2) is 0 Å². The highest BCUT2D eigenvalue weighted by Crippen LogP contribution is 2.23. The zero-order valence-electron chi connectivity index (χ0n) is 20.3. The van der Waals surface area contributed by atoms with Crippen LogP contribution in [0.25, 0.3) is 0 Å². The number of ether oxygens (including phenoxy) is 2. The molecule has 1 aliphatic heterocycles. The molecule has 0 radical (unpaired) electrons. The van der Waals surface area contributed by atoms with Gasteiger partial charge in [0.15, 0.2) is 0 Å². The number of carbonyl (C=O) groups excluding carboxylic acids is 2. The van der Waals surface area contributed by atoms with Crippen molar-refractivity contribution in [2.45, 2.75) is 39.0 Å². The quantitative estimate of drug-likeness (QED) is 0.403. The fraction of sp³-hybridized carbons (Fsp3) is 0.357. The first-order chi connectivity index (χ1) is 17.0. The molecule has 1 atom stereocenters. The van der Waals surface area contributed by atoms with Gasteiger partial charge >= 0.3 is 0 Å². The minimum atomic E-state index is -0.224. The molecule has 1 aromatic heterocycles. The Morgan fingerprint density at radius 2 is 1.77 bits per heavy atom. The maximum Gasteiger partial charge on any atom is 0.258 e. The zero-order chi connectivity index (χ0) is 24.6. The van der Waals surface area contributed by atoms with E-state index in [1.165, 1.54) is 4.88 Å². The average molecular weight is 493 g/mol. The molecule has 6 nitrogen and oxygen atoms in total. The largest absolute Gasteiger partial charge is 0.496 e.